The molecule has 0 bridgehead atoms. The van der Waals surface area contributed by atoms with Crippen LogP contribution in [0, 0.1) is 0 Å². The number of aryl methyl sites for hydroxylation is 1. The molecule has 1 aliphatic rings. The SMILES string of the molecule is Cn1ccnc1-c1cncc(C2CCCN(c3ccncn3)C2)n1. The molecule has 1 saturated heterocycles. The van der Waals surface area contributed by atoms with Gasteiger partial charge >= 0.3 is 0 Å². The van der Waals surface area contributed by atoms with E-state index in [0.29, 0.717) is 5.92 Å². The Kier molecular flexibility index (Phi) is 3.90. The Morgan fingerprint density at radius 1 is 1.12 bits per heavy atom. The van der Waals surface area contributed by atoms with E-state index in [1.807, 2.05) is 30.1 Å². The fourth-order valence-electron chi connectivity index (χ4n) is 3.20. The molecule has 1 aliphatic heterocycles. The average molecular weight is 321 g/mol. The second kappa shape index (κ2) is 6.35. The summed E-state index contributed by atoms with van der Waals surface area (Å²) in [4.78, 5) is 24.2. The minimum absolute atomic E-state index is 0.349. The van der Waals surface area contributed by atoms with E-state index < -0.39 is 0 Å². The van der Waals surface area contributed by atoms with Crippen LogP contribution >= 0.6 is 0 Å². The molecule has 3 aromatic rings. The summed E-state index contributed by atoms with van der Waals surface area (Å²) in [5, 5.41) is 0. The fourth-order valence-corrected chi connectivity index (χ4v) is 3.20. The summed E-state index contributed by atoms with van der Waals surface area (Å²) in [6.45, 7) is 1.91. The van der Waals surface area contributed by atoms with E-state index >= 15 is 0 Å². The smallest absolute Gasteiger partial charge is 0.159 e. The van der Waals surface area contributed by atoms with Crippen molar-refractivity contribution in [3.8, 4) is 11.5 Å². The van der Waals surface area contributed by atoms with Gasteiger partial charge < -0.3 is 9.47 Å². The summed E-state index contributed by atoms with van der Waals surface area (Å²) in [5.74, 6) is 2.16. The lowest BCUT2D eigenvalue weighted by Crippen LogP contribution is -2.35. The largest absolute Gasteiger partial charge is 0.356 e. The first kappa shape index (κ1) is 14.7. The molecule has 122 valence electrons. The van der Waals surface area contributed by atoms with Gasteiger partial charge in [0.2, 0.25) is 0 Å². The summed E-state index contributed by atoms with van der Waals surface area (Å²) < 4.78 is 1.96. The molecule has 0 aromatic carbocycles. The summed E-state index contributed by atoms with van der Waals surface area (Å²) in [5.41, 5.74) is 1.84. The molecule has 0 N–H and O–H groups in total. The van der Waals surface area contributed by atoms with Crippen molar-refractivity contribution < 1.29 is 0 Å². The molecule has 0 saturated carbocycles. The van der Waals surface area contributed by atoms with Crippen LogP contribution in [0.3, 0.4) is 0 Å². The highest BCUT2D eigenvalue weighted by Crippen LogP contribution is 2.28. The van der Waals surface area contributed by atoms with Crippen LogP contribution < -0.4 is 4.90 Å². The average Bonchev–Trinajstić information content (AvgIpc) is 3.09. The van der Waals surface area contributed by atoms with E-state index in [1.165, 1.54) is 0 Å². The van der Waals surface area contributed by atoms with Gasteiger partial charge in [0.05, 0.1) is 11.9 Å². The Labute approximate surface area is 140 Å². The Hall–Kier alpha value is -2.83. The Balaban J connectivity index is 1.58. The number of piperidine rings is 1. The van der Waals surface area contributed by atoms with Crippen molar-refractivity contribution in [3.63, 3.8) is 0 Å². The molecular formula is C17H19N7. The number of aromatic nitrogens is 6. The second-order valence-electron chi connectivity index (χ2n) is 6.04. The third kappa shape index (κ3) is 2.84. The van der Waals surface area contributed by atoms with Gasteiger partial charge in [-0.25, -0.2) is 19.9 Å². The van der Waals surface area contributed by atoms with Crippen LogP contribution in [0.4, 0.5) is 5.82 Å². The first-order valence-corrected chi connectivity index (χ1v) is 8.12. The number of imidazole rings is 1. The molecule has 4 heterocycles. The highest BCUT2D eigenvalue weighted by molar-refractivity contribution is 5.48. The molecule has 1 atom stereocenters. The van der Waals surface area contributed by atoms with Gasteiger partial charge in [-0.2, -0.15) is 0 Å². The van der Waals surface area contributed by atoms with E-state index in [4.69, 9.17) is 4.98 Å². The van der Waals surface area contributed by atoms with Crippen LogP contribution in [0.1, 0.15) is 24.5 Å². The van der Waals surface area contributed by atoms with Crippen molar-refractivity contribution in [3.05, 3.63) is 49.1 Å². The van der Waals surface area contributed by atoms with E-state index in [0.717, 1.165) is 49.0 Å². The maximum atomic E-state index is 4.82. The number of anilines is 1. The molecule has 4 rings (SSSR count). The lowest BCUT2D eigenvalue weighted by Gasteiger charge is -2.33. The second-order valence-corrected chi connectivity index (χ2v) is 6.04. The molecule has 0 spiro atoms. The lowest BCUT2D eigenvalue weighted by molar-refractivity contribution is 0.497. The first-order valence-electron chi connectivity index (χ1n) is 8.12. The minimum Gasteiger partial charge on any atom is -0.356 e. The molecule has 1 fully saturated rings. The van der Waals surface area contributed by atoms with Crippen molar-refractivity contribution in [2.75, 3.05) is 18.0 Å². The zero-order valence-corrected chi connectivity index (χ0v) is 13.6. The quantitative estimate of drug-likeness (QED) is 0.735. The third-order valence-electron chi connectivity index (χ3n) is 4.43. The highest BCUT2D eigenvalue weighted by Gasteiger charge is 2.24. The van der Waals surface area contributed by atoms with Gasteiger partial charge in [-0.1, -0.05) is 0 Å². The molecule has 0 aliphatic carbocycles. The van der Waals surface area contributed by atoms with Gasteiger partial charge in [0.25, 0.3) is 0 Å². The predicted molar refractivity (Wildman–Crippen MR) is 90.5 cm³/mol. The van der Waals surface area contributed by atoms with Gasteiger partial charge in [-0.15, -0.1) is 0 Å². The monoisotopic (exact) mass is 321 g/mol. The molecule has 1 unspecified atom stereocenters. The summed E-state index contributed by atoms with van der Waals surface area (Å²) in [6, 6.07) is 1.96. The standard InChI is InChI=1S/C17H19N7/c1-23-8-6-20-17(23)15-10-19-9-14(22-15)13-3-2-7-24(11-13)16-4-5-18-12-21-16/h4-6,8-10,12-13H,2-3,7,11H2,1H3. The van der Waals surface area contributed by atoms with Gasteiger partial charge in [-0.3, -0.25) is 4.98 Å². The summed E-state index contributed by atoms with van der Waals surface area (Å²) in [7, 11) is 1.97. The molecule has 7 nitrogen and oxygen atoms in total. The van der Waals surface area contributed by atoms with Crippen LogP contribution in [0.2, 0.25) is 0 Å². The molecule has 24 heavy (non-hydrogen) atoms. The van der Waals surface area contributed by atoms with Gasteiger partial charge in [0, 0.05) is 50.8 Å². The van der Waals surface area contributed by atoms with E-state index in [9.17, 15) is 0 Å². The number of hydrogen-bond acceptors (Lipinski definition) is 6. The highest BCUT2D eigenvalue weighted by atomic mass is 15.2. The number of hydrogen-bond donors (Lipinski definition) is 0. The summed E-state index contributed by atoms with van der Waals surface area (Å²) >= 11 is 0. The normalized spacial score (nSPS) is 17.9. The Morgan fingerprint density at radius 3 is 2.88 bits per heavy atom. The van der Waals surface area contributed by atoms with Crippen LogP contribution in [-0.2, 0) is 7.05 Å². The maximum Gasteiger partial charge on any atom is 0.159 e. The topological polar surface area (TPSA) is 72.6 Å². The van der Waals surface area contributed by atoms with E-state index in [2.05, 4.69) is 24.8 Å². The molecule has 7 heteroatoms. The van der Waals surface area contributed by atoms with Crippen molar-refractivity contribution >= 4 is 5.82 Å². The third-order valence-corrected chi connectivity index (χ3v) is 4.43. The minimum atomic E-state index is 0.349. The fraction of sp³-hybridized carbons (Fsp3) is 0.353. The molecule has 0 radical (unpaired) electrons. The molecule has 0 amide bonds. The van der Waals surface area contributed by atoms with Crippen molar-refractivity contribution in [1.29, 1.82) is 0 Å². The Morgan fingerprint density at radius 2 is 2.08 bits per heavy atom. The van der Waals surface area contributed by atoms with Crippen molar-refractivity contribution in [2.45, 2.75) is 18.8 Å². The van der Waals surface area contributed by atoms with Gasteiger partial charge in [-0.05, 0) is 18.9 Å². The van der Waals surface area contributed by atoms with Crippen LogP contribution in [0.5, 0.6) is 0 Å². The van der Waals surface area contributed by atoms with Crippen LogP contribution in [-0.4, -0.2) is 42.6 Å². The maximum absolute atomic E-state index is 4.82. The predicted octanol–water partition coefficient (Wildman–Crippen LogP) is 2.05. The van der Waals surface area contributed by atoms with Crippen molar-refractivity contribution in [1.82, 2.24) is 29.5 Å². The molecule has 3 aromatic heterocycles. The van der Waals surface area contributed by atoms with Crippen molar-refractivity contribution in [2.24, 2.45) is 7.05 Å². The van der Waals surface area contributed by atoms with Gasteiger partial charge in [0.15, 0.2) is 5.82 Å². The van der Waals surface area contributed by atoms with E-state index in [1.54, 1.807) is 24.9 Å². The van der Waals surface area contributed by atoms with Gasteiger partial charge in [0.1, 0.15) is 17.8 Å². The summed E-state index contributed by atoms with van der Waals surface area (Å²) in [6.07, 6.45) is 13.0. The zero-order chi connectivity index (χ0) is 16.4. The van der Waals surface area contributed by atoms with Crippen LogP contribution in [0.25, 0.3) is 11.5 Å². The Bertz CT molecular complexity index is 815. The van der Waals surface area contributed by atoms with E-state index in [-0.39, 0.29) is 0 Å². The molecular weight excluding hydrogens is 302 g/mol. The first-order chi connectivity index (χ1) is 11.8. The zero-order valence-electron chi connectivity index (χ0n) is 13.6. The number of nitrogens with zero attached hydrogens (tertiary/aromatic N) is 7. The van der Waals surface area contributed by atoms with Crippen LogP contribution in [0.15, 0.2) is 43.4 Å². The lowest BCUT2D eigenvalue weighted by atomic mass is 9.95. The number of rotatable bonds is 3.